The van der Waals surface area contributed by atoms with Gasteiger partial charge in [0.1, 0.15) is 0 Å². The molecule has 17 heavy (non-hydrogen) atoms. The highest BCUT2D eigenvalue weighted by Gasteiger charge is 2.03. The van der Waals surface area contributed by atoms with Gasteiger partial charge in [0.2, 0.25) is 0 Å². The number of nitrogens with one attached hydrogen (secondary N) is 1. The molecule has 0 unspecified atom stereocenters. The summed E-state index contributed by atoms with van der Waals surface area (Å²) in [7, 11) is 1.93. The van der Waals surface area contributed by atoms with E-state index in [9.17, 15) is 0 Å². The third-order valence-electron chi connectivity index (χ3n) is 2.67. The predicted octanol–water partition coefficient (Wildman–Crippen LogP) is 3.43. The number of aromatic nitrogens is 1. The van der Waals surface area contributed by atoms with Gasteiger partial charge >= 0.3 is 0 Å². The van der Waals surface area contributed by atoms with Crippen molar-refractivity contribution in [3.8, 4) is 11.3 Å². The Morgan fingerprint density at radius 3 is 2.76 bits per heavy atom. The van der Waals surface area contributed by atoms with E-state index in [1.165, 1.54) is 5.56 Å². The number of hydrogen-bond acceptors (Lipinski definition) is 2. The molecule has 0 amide bonds. The number of rotatable bonds is 3. The number of benzene rings is 1. The summed E-state index contributed by atoms with van der Waals surface area (Å²) in [5.41, 5.74) is 4.31. The Morgan fingerprint density at radius 2 is 2.06 bits per heavy atom. The van der Waals surface area contributed by atoms with E-state index in [0.717, 1.165) is 28.4 Å². The molecule has 0 spiro atoms. The summed E-state index contributed by atoms with van der Waals surface area (Å²) in [6, 6.07) is 10.1. The summed E-state index contributed by atoms with van der Waals surface area (Å²) < 4.78 is 0. The first-order valence-electron chi connectivity index (χ1n) is 5.57. The summed E-state index contributed by atoms with van der Waals surface area (Å²) in [6.45, 7) is 2.84. The Kier molecular flexibility index (Phi) is 3.77. The molecule has 1 heterocycles. The zero-order valence-electron chi connectivity index (χ0n) is 10.00. The van der Waals surface area contributed by atoms with E-state index in [4.69, 9.17) is 11.6 Å². The van der Waals surface area contributed by atoms with Crippen molar-refractivity contribution in [2.45, 2.75) is 13.5 Å². The maximum Gasteiger partial charge on any atom is 0.0705 e. The molecular weight excluding hydrogens is 232 g/mol. The topological polar surface area (TPSA) is 24.9 Å². The normalized spacial score (nSPS) is 10.5. The molecule has 0 radical (unpaired) electrons. The highest BCUT2D eigenvalue weighted by atomic mass is 35.5. The summed E-state index contributed by atoms with van der Waals surface area (Å²) in [6.07, 6.45) is 1.83. The Labute approximate surface area is 107 Å². The minimum absolute atomic E-state index is 0.781. The van der Waals surface area contributed by atoms with Crippen LogP contribution >= 0.6 is 11.6 Å². The van der Waals surface area contributed by atoms with Crippen LogP contribution < -0.4 is 5.32 Å². The van der Waals surface area contributed by atoms with Crippen LogP contribution in [0.25, 0.3) is 11.3 Å². The molecule has 1 aromatic heterocycles. The van der Waals surface area contributed by atoms with Crippen LogP contribution in [0.2, 0.25) is 5.02 Å². The summed E-state index contributed by atoms with van der Waals surface area (Å²) in [5, 5.41) is 3.91. The molecule has 1 aromatic carbocycles. The molecule has 2 rings (SSSR count). The Balaban J connectivity index is 2.38. The van der Waals surface area contributed by atoms with Crippen molar-refractivity contribution in [1.29, 1.82) is 0 Å². The second kappa shape index (κ2) is 5.30. The molecule has 0 aliphatic heterocycles. The molecule has 0 atom stereocenters. The van der Waals surface area contributed by atoms with E-state index in [2.05, 4.69) is 16.4 Å². The highest BCUT2D eigenvalue weighted by Crippen LogP contribution is 2.24. The second-order valence-electron chi connectivity index (χ2n) is 4.04. The van der Waals surface area contributed by atoms with Crippen LogP contribution in [0.3, 0.4) is 0 Å². The predicted molar refractivity (Wildman–Crippen MR) is 72.2 cm³/mol. The highest BCUT2D eigenvalue weighted by molar-refractivity contribution is 6.31. The average Bonchev–Trinajstić information content (AvgIpc) is 2.33. The van der Waals surface area contributed by atoms with Crippen molar-refractivity contribution in [3.63, 3.8) is 0 Å². The summed E-state index contributed by atoms with van der Waals surface area (Å²) in [4.78, 5) is 4.38. The van der Waals surface area contributed by atoms with Gasteiger partial charge in [-0.25, -0.2) is 0 Å². The van der Waals surface area contributed by atoms with Crippen molar-refractivity contribution in [2.24, 2.45) is 0 Å². The Morgan fingerprint density at radius 1 is 1.24 bits per heavy atom. The monoisotopic (exact) mass is 246 g/mol. The molecule has 0 bridgehead atoms. The smallest absolute Gasteiger partial charge is 0.0705 e. The van der Waals surface area contributed by atoms with E-state index in [0.29, 0.717) is 0 Å². The van der Waals surface area contributed by atoms with E-state index >= 15 is 0 Å². The van der Waals surface area contributed by atoms with Gasteiger partial charge in [0.05, 0.1) is 5.69 Å². The van der Waals surface area contributed by atoms with Gasteiger partial charge < -0.3 is 5.32 Å². The van der Waals surface area contributed by atoms with Gasteiger partial charge in [-0.1, -0.05) is 23.7 Å². The SMILES string of the molecule is CNCc1ccnc(-c2ccc(C)c(Cl)c2)c1. The van der Waals surface area contributed by atoms with Crippen LogP contribution in [-0.2, 0) is 6.54 Å². The van der Waals surface area contributed by atoms with Crippen molar-refractivity contribution < 1.29 is 0 Å². The van der Waals surface area contributed by atoms with E-state index in [-0.39, 0.29) is 0 Å². The molecule has 0 fully saturated rings. The maximum absolute atomic E-state index is 6.12. The van der Waals surface area contributed by atoms with Gasteiger partial charge in [-0.2, -0.15) is 0 Å². The van der Waals surface area contributed by atoms with Crippen LogP contribution in [0, 0.1) is 6.92 Å². The van der Waals surface area contributed by atoms with Gasteiger partial charge in [-0.3, -0.25) is 4.98 Å². The fourth-order valence-electron chi connectivity index (χ4n) is 1.70. The first-order valence-corrected chi connectivity index (χ1v) is 5.94. The Hall–Kier alpha value is -1.38. The van der Waals surface area contributed by atoms with Crippen LogP contribution in [0.1, 0.15) is 11.1 Å². The first-order chi connectivity index (χ1) is 8.20. The third kappa shape index (κ3) is 2.84. The van der Waals surface area contributed by atoms with E-state index in [1.807, 2.05) is 44.4 Å². The minimum atomic E-state index is 0.781. The fourth-order valence-corrected chi connectivity index (χ4v) is 1.88. The molecule has 0 aliphatic carbocycles. The molecule has 88 valence electrons. The third-order valence-corrected chi connectivity index (χ3v) is 3.08. The largest absolute Gasteiger partial charge is 0.316 e. The van der Waals surface area contributed by atoms with Crippen LogP contribution in [0.5, 0.6) is 0 Å². The van der Waals surface area contributed by atoms with Gasteiger partial charge in [-0.05, 0) is 43.3 Å². The average molecular weight is 247 g/mol. The van der Waals surface area contributed by atoms with Crippen molar-refractivity contribution >= 4 is 11.6 Å². The number of pyridine rings is 1. The molecule has 0 aliphatic rings. The van der Waals surface area contributed by atoms with Crippen LogP contribution in [-0.4, -0.2) is 12.0 Å². The lowest BCUT2D eigenvalue weighted by atomic mass is 10.1. The van der Waals surface area contributed by atoms with Crippen molar-refractivity contribution in [1.82, 2.24) is 10.3 Å². The molecule has 0 saturated carbocycles. The molecule has 1 N–H and O–H groups in total. The van der Waals surface area contributed by atoms with E-state index < -0.39 is 0 Å². The minimum Gasteiger partial charge on any atom is -0.316 e. The standard InChI is InChI=1S/C14H15ClN2/c1-10-3-4-12(8-13(10)15)14-7-11(9-16-2)5-6-17-14/h3-8,16H,9H2,1-2H3. The van der Waals surface area contributed by atoms with Crippen LogP contribution in [0.15, 0.2) is 36.5 Å². The van der Waals surface area contributed by atoms with Gasteiger partial charge in [0.25, 0.3) is 0 Å². The molecule has 3 heteroatoms. The Bertz CT molecular complexity index is 523. The van der Waals surface area contributed by atoms with Crippen LogP contribution in [0.4, 0.5) is 0 Å². The molecular formula is C14H15ClN2. The number of aryl methyl sites for hydroxylation is 1. The number of halogens is 1. The van der Waals surface area contributed by atoms with Crippen molar-refractivity contribution in [3.05, 3.63) is 52.7 Å². The fraction of sp³-hybridized carbons (Fsp3) is 0.214. The first kappa shape index (κ1) is 12.1. The molecule has 2 nitrogen and oxygen atoms in total. The van der Waals surface area contributed by atoms with Gasteiger partial charge in [-0.15, -0.1) is 0 Å². The molecule has 0 saturated heterocycles. The van der Waals surface area contributed by atoms with Crippen molar-refractivity contribution in [2.75, 3.05) is 7.05 Å². The van der Waals surface area contributed by atoms with E-state index in [1.54, 1.807) is 0 Å². The van der Waals surface area contributed by atoms with Gasteiger partial charge in [0.15, 0.2) is 0 Å². The summed E-state index contributed by atoms with van der Waals surface area (Å²) in [5.74, 6) is 0. The zero-order valence-corrected chi connectivity index (χ0v) is 10.8. The van der Waals surface area contributed by atoms with Gasteiger partial charge in [0, 0.05) is 23.3 Å². The summed E-state index contributed by atoms with van der Waals surface area (Å²) >= 11 is 6.12. The second-order valence-corrected chi connectivity index (χ2v) is 4.45. The lowest BCUT2D eigenvalue weighted by molar-refractivity contribution is 0.816. The number of hydrogen-bond donors (Lipinski definition) is 1. The lowest BCUT2D eigenvalue weighted by Gasteiger charge is -2.06. The zero-order chi connectivity index (χ0) is 12.3. The molecule has 2 aromatic rings. The lowest BCUT2D eigenvalue weighted by Crippen LogP contribution is -2.05. The number of nitrogens with zero attached hydrogens (tertiary/aromatic N) is 1. The maximum atomic E-state index is 6.12. The quantitative estimate of drug-likeness (QED) is 0.898.